The van der Waals surface area contributed by atoms with Crippen molar-refractivity contribution in [2.75, 3.05) is 32.7 Å². The minimum absolute atomic E-state index is 0.0544. The number of alkyl halides is 3. The van der Waals surface area contributed by atoms with Crippen molar-refractivity contribution < 1.29 is 37.4 Å². The predicted octanol–water partition coefficient (Wildman–Crippen LogP) is 5.68. The molecule has 2 amide bonds. The molecule has 3 saturated heterocycles. The summed E-state index contributed by atoms with van der Waals surface area (Å²) in [5, 5.41) is 7.12. The quantitative estimate of drug-likeness (QED) is 0.419. The first kappa shape index (κ1) is 32.2. The zero-order valence-corrected chi connectivity index (χ0v) is 24.5. The van der Waals surface area contributed by atoms with E-state index in [9.17, 15) is 22.8 Å². The van der Waals surface area contributed by atoms with Crippen molar-refractivity contribution in [2.45, 2.75) is 108 Å². The molecule has 0 bridgehead atoms. The van der Waals surface area contributed by atoms with Gasteiger partial charge in [-0.2, -0.15) is 13.2 Å². The van der Waals surface area contributed by atoms with Gasteiger partial charge in [-0.1, -0.05) is 39.0 Å². The molecule has 4 heterocycles. The number of nitrogens with one attached hydrogen (secondary N) is 1. The molecule has 2 N–H and O–H groups in total. The number of ether oxygens (including phenoxy) is 1. The van der Waals surface area contributed by atoms with Crippen molar-refractivity contribution in [1.82, 2.24) is 19.7 Å². The molecule has 9 nitrogen and oxygen atoms in total. The normalized spacial score (nSPS) is 23.9. The Labute approximate surface area is 245 Å². The summed E-state index contributed by atoms with van der Waals surface area (Å²) in [5.41, 5.74) is 0.379. The first-order chi connectivity index (χ1) is 20.0. The fraction of sp³-hybridized carbons (Fsp3) is 0.767. The average molecular weight is 599 g/mol. The van der Waals surface area contributed by atoms with E-state index in [2.05, 4.69) is 21.7 Å². The molecule has 4 fully saturated rings. The molecule has 42 heavy (non-hydrogen) atoms. The van der Waals surface area contributed by atoms with Crippen LogP contribution in [0.3, 0.4) is 0 Å². The number of carbonyl (C=O) groups is 3. The van der Waals surface area contributed by atoms with Crippen LogP contribution in [0.1, 0.15) is 94.5 Å². The van der Waals surface area contributed by atoms with Gasteiger partial charge in [0.05, 0.1) is 6.04 Å². The molecule has 1 spiro atoms. The van der Waals surface area contributed by atoms with Crippen molar-refractivity contribution >= 4 is 18.0 Å². The average Bonchev–Trinajstić information content (AvgIpc) is 3.60. The summed E-state index contributed by atoms with van der Waals surface area (Å²) >= 11 is 0. The number of carboxylic acid groups (broad SMARTS) is 1. The van der Waals surface area contributed by atoms with Crippen LogP contribution in [0.15, 0.2) is 18.3 Å². The molecule has 3 aliphatic heterocycles. The van der Waals surface area contributed by atoms with Crippen molar-refractivity contribution in [2.24, 2.45) is 5.92 Å². The van der Waals surface area contributed by atoms with Gasteiger partial charge in [-0.3, -0.25) is 9.69 Å². The Kier molecular flexibility index (Phi) is 10.8. The Hall–Kier alpha value is -2.76. The summed E-state index contributed by atoms with van der Waals surface area (Å²) in [4.78, 5) is 44.5. The highest BCUT2D eigenvalue weighted by Crippen LogP contribution is 2.43. The topological polar surface area (TPSA) is 106 Å². The Morgan fingerprint density at radius 1 is 1.07 bits per heavy atom. The number of nitrogens with zero attached hydrogens (tertiary/aromatic N) is 3. The third-order valence-corrected chi connectivity index (χ3v) is 9.50. The van der Waals surface area contributed by atoms with Crippen molar-refractivity contribution in [3.8, 4) is 0 Å². The number of H-pyrrole nitrogens is 1. The van der Waals surface area contributed by atoms with E-state index in [0.717, 1.165) is 77.7 Å². The number of aromatic amines is 1. The summed E-state index contributed by atoms with van der Waals surface area (Å²) in [6, 6.07) is 4.49. The van der Waals surface area contributed by atoms with Crippen LogP contribution in [-0.2, 0) is 9.53 Å². The highest BCUT2D eigenvalue weighted by atomic mass is 19.4. The maximum Gasteiger partial charge on any atom is 0.490 e. The van der Waals surface area contributed by atoms with Gasteiger partial charge < -0.3 is 24.6 Å². The van der Waals surface area contributed by atoms with Crippen molar-refractivity contribution in [1.29, 1.82) is 0 Å². The molecule has 1 aliphatic carbocycles. The van der Waals surface area contributed by atoms with E-state index in [1.807, 2.05) is 23.2 Å². The van der Waals surface area contributed by atoms with E-state index in [1.54, 1.807) is 0 Å². The second-order valence-electron chi connectivity index (χ2n) is 12.2. The van der Waals surface area contributed by atoms with Crippen LogP contribution >= 0.6 is 0 Å². The maximum atomic E-state index is 13.1. The molecule has 0 radical (unpaired) electrons. The zero-order valence-electron chi connectivity index (χ0n) is 24.5. The highest BCUT2D eigenvalue weighted by molar-refractivity contribution is 5.92. The number of likely N-dealkylation sites (tertiary alicyclic amines) is 2. The van der Waals surface area contributed by atoms with Crippen LogP contribution < -0.4 is 0 Å². The van der Waals surface area contributed by atoms with E-state index in [4.69, 9.17) is 14.6 Å². The van der Waals surface area contributed by atoms with Gasteiger partial charge in [-0.05, 0) is 50.2 Å². The first-order valence-electron chi connectivity index (χ1n) is 15.5. The number of amides is 2. The van der Waals surface area contributed by atoms with Crippen LogP contribution in [0.2, 0.25) is 0 Å². The first-order valence-corrected chi connectivity index (χ1v) is 15.5. The van der Waals surface area contributed by atoms with E-state index in [0.29, 0.717) is 17.7 Å². The number of unbranched alkanes of at least 4 members (excludes halogenated alkanes) is 1. The second-order valence-corrected chi connectivity index (χ2v) is 12.2. The summed E-state index contributed by atoms with van der Waals surface area (Å²) in [5.74, 6) is -2.00. The molecule has 1 saturated carbocycles. The molecule has 4 aliphatic rings. The Balaban J connectivity index is 0.000000517. The minimum Gasteiger partial charge on any atom is -0.475 e. The lowest BCUT2D eigenvalue weighted by molar-refractivity contribution is -0.192. The van der Waals surface area contributed by atoms with Crippen molar-refractivity contribution in [3.05, 3.63) is 24.0 Å². The highest BCUT2D eigenvalue weighted by Gasteiger charge is 2.55. The predicted molar refractivity (Wildman–Crippen MR) is 150 cm³/mol. The Morgan fingerprint density at radius 3 is 2.26 bits per heavy atom. The van der Waals surface area contributed by atoms with Gasteiger partial charge in [0.1, 0.15) is 11.3 Å². The maximum absolute atomic E-state index is 13.1. The molecule has 1 aromatic rings. The standard InChI is InChI=1S/C28H44N4O3.C2HF3O2/c1-2-3-11-25-28(35-27(34)32(25)21-22-8-5-4-6-9-22)14-19-30(20-15-28)23-12-17-31(18-13-23)26(33)24-10-7-16-29-24;3-2(4,5)1(6)7/h7,10,16,22-23,25,29H,2-6,8-9,11-15,17-21H2,1H3;(H,6,7). The second kappa shape index (κ2) is 14.1. The number of carbonyl (C=O) groups excluding carboxylic acids is 2. The summed E-state index contributed by atoms with van der Waals surface area (Å²) < 4.78 is 38.0. The van der Waals surface area contributed by atoms with E-state index in [1.165, 1.54) is 32.1 Å². The van der Waals surface area contributed by atoms with Gasteiger partial charge in [0, 0.05) is 57.8 Å². The zero-order chi connectivity index (χ0) is 30.3. The molecule has 12 heteroatoms. The van der Waals surface area contributed by atoms with Gasteiger partial charge >= 0.3 is 18.2 Å². The van der Waals surface area contributed by atoms with E-state index >= 15 is 0 Å². The third kappa shape index (κ3) is 7.79. The van der Waals surface area contributed by atoms with Gasteiger partial charge in [0.2, 0.25) is 0 Å². The smallest absolute Gasteiger partial charge is 0.475 e. The monoisotopic (exact) mass is 598 g/mol. The summed E-state index contributed by atoms with van der Waals surface area (Å²) in [6.45, 7) is 6.74. The van der Waals surface area contributed by atoms with Gasteiger partial charge in [0.15, 0.2) is 0 Å². The number of aromatic nitrogens is 1. The Bertz CT molecular complexity index is 1030. The van der Waals surface area contributed by atoms with Crippen molar-refractivity contribution in [3.63, 3.8) is 0 Å². The number of hydrogen-bond donors (Lipinski definition) is 2. The molecule has 236 valence electrons. The van der Waals surface area contributed by atoms with E-state index in [-0.39, 0.29) is 23.6 Å². The van der Waals surface area contributed by atoms with Gasteiger partial charge in [-0.25, -0.2) is 9.59 Å². The van der Waals surface area contributed by atoms with E-state index < -0.39 is 12.1 Å². The van der Waals surface area contributed by atoms with Gasteiger partial charge in [0.25, 0.3) is 5.91 Å². The molecular weight excluding hydrogens is 553 g/mol. The van der Waals surface area contributed by atoms with Crippen LogP contribution in [0.25, 0.3) is 0 Å². The van der Waals surface area contributed by atoms with Crippen LogP contribution in [-0.4, -0.2) is 99.3 Å². The molecule has 1 atom stereocenters. The van der Waals surface area contributed by atoms with Crippen LogP contribution in [0, 0.1) is 5.92 Å². The fourth-order valence-electron chi connectivity index (χ4n) is 7.15. The van der Waals surface area contributed by atoms with Gasteiger partial charge in [-0.15, -0.1) is 0 Å². The third-order valence-electron chi connectivity index (χ3n) is 9.50. The SMILES string of the molecule is CCCCC1N(CC2CCCCC2)C(=O)OC12CCN(C1CCN(C(=O)c3ccc[nH]3)CC1)CC2.O=C(O)C(F)(F)F. The Morgan fingerprint density at radius 2 is 1.71 bits per heavy atom. The fourth-order valence-corrected chi connectivity index (χ4v) is 7.15. The number of hydrogen-bond acceptors (Lipinski definition) is 5. The molecule has 1 aromatic heterocycles. The molecule has 5 rings (SSSR count). The largest absolute Gasteiger partial charge is 0.490 e. The van der Waals surface area contributed by atoms with Crippen LogP contribution in [0.5, 0.6) is 0 Å². The number of piperidine rings is 2. The molecule has 0 aromatic carbocycles. The number of aliphatic carboxylic acids is 1. The number of halogens is 3. The molecule has 1 unspecified atom stereocenters. The molecular formula is C30H45F3N4O5. The minimum atomic E-state index is -5.08. The van der Waals surface area contributed by atoms with Crippen LogP contribution in [0.4, 0.5) is 18.0 Å². The summed E-state index contributed by atoms with van der Waals surface area (Å²) in [6.07, 6.45) is 10.4. The number of carboxylic acids is 1. The lowest BCUT2D eigenvalue weighted by atomic mass is 9.80. The number of rotatable bonds is 7. The lowest BCUT2D eigenvalue weighted by Crippen LogP contribution is -2.56. The lowest BCUT2D eigenvalue weighted by Gasteiger charge is -2.46. The summed E-state index contributed by atoms with van der Waals surface area (Å²) in [7, 11) is 0.